The number of ketones is 1. The molecule has 150 valence electrons. The number of esters is 1. The number of benzene rings is 1. The van der Waals surface area contributed by atoms with E-state index in [0.29, 0.717) is 35.6 Å². The number of allylic oxidation sites excluding steroid dienone is 2. The van der Waals surface area contributed by atoms with Crippen molar-refractivity contribution in [1.82, 2.24) is 0 Å². The number of carbonyl (C=O) groups is 2. The lowest BCUT2D eigenvalue weighted by Gasteiger charge is -2.39. The molecular weight excluding hydrogens is 358 g/mol. The minimum Gasteiger partial charge on any atom is -0.493 e. The average Bonchev–Trinajstić information content (AvgIpc) is 2.64. The van der Waals surface area contributed by atoms with Crippen molar-refractivity contribution in [3.8, 4) is 11.5 Å². The predicted octanol–water partition coefficient (Wildman–Crippen LogP) is 3.69. The molecule has 2 aliphatic rings. The van der Waals surface area contributed by atoms with E-state index in [1.54, 1.807) is 20.3 Å². The number of para-hydroxylation sites is 1. The maximum absolute atomic E-state index is 13.2. The third-order valence-corrected chi connectivity index (χ3v) is 5.53. The Hall–Kier alpha value is -2.63. The van der Waals surface area contributed by atoms with E-state index in [1.807, 2.05) is 19.1 Å². The number of aliphatic imine (C=N–C) groups is 1. The zero-order valence-corrected chi connectivity index (χ0v) is 17.3. The first-order valence-electron chi connectivity index (χ1n) is 9.34. The summed E-state index contributed by atoms with van der Waals surface area (Å²) >= 11 is 0. The molecule has 0 amide bonds. The maximum atomic E-state index is 13.2. The van der Waals surface area contributed by atoms with Gasteiger partial charge in [0.15, 0.2) is 17.3 Å². The summed E-state index contributed by atoms with van der Waals surface area (Å²) in [4.78, 5) is 30.6. The minimum absolute atomic E-state index is 0.0197. The van der Waals surface area contributed by atoms with Crippen LogP contribution < -0.4 is 9.47 Å². The molecule has 6 nitrogen and oxygen atoms in total. The summed E-state index contributed by atoms with van der Waals surface area (Å²) in [6, 6.07) is 5.50. The van der Waals surface area contributed by atoms with Crippen LogP contribution >= 0.6 is 0 Å². The largest absolute Gasteiger partial charge is 0.493 e. The number of methoxy groups -OCH3 is 3. The fourth-order valence-corrected chi connectivity index (χ4v) is 4.37. The minimum atomic E-state index is -0.685. The fourth-order valence-electron chi connectivity index (χ4n) is 4.37. The topological polar surface area (TPSA) is 74.2 Å². The molecule has 0 spiro atoms. The second-order valence-electron chi connectivity index (χ2n) is 8.12. The van der Waals surface area contributed by atoms with E-state index in [4.69, 9.17) is 14.2 Å². The zero-order chi connectivity index (χ0) is 20.6. The molecule has 1 aliphatic heterocycles. The van der Waals surface area contributed by atoms with Crippen LogP contribution in [0.3, 0.4) is 0 Å². The van der Waals surface area contributed by atoms with Gasteiger partial charge in [0.2, 0.25) is 0 Å². The Labute approximate surface area is 165 Å². The van der Waals surface area contributed by atoms with Crippen LogP contribution in [0.15, 0.2) is 34.5 Å². The van der Waals surface area contributed by atoms with Crippen LogP contribution in [0.4, 0.5) is 0 Å². The number of hydrogen-bond donors (Lipinski definition) is 0. The maximum Gasteiger partial charge on any atom is 0.315 e. The number of nitrogens with zero attached hydrogens (tertiary/aromatic N) is 1. The molecule has 6 heteroatoms. The van der Waals surface area contributed by atoms with E-state index in [0.717, 1.165) is 11.3 Å². The van der Waals surface area contributed by atoms with Crippen molar-refractivity contribution in [3.05, 3.63) is 35.0 Å². The summed E-state index contributed by atoms with van der Waals surface area (Å²) < 4.78 is 16.1. The first kappa shape index (κ1) is 20.1. The number of Topliss-reactive ketones (excluding diaryl/α,β-unsaturated/α-hetero) is 1. The highest BCUT2D eigenvalue weighted by Gasteiger charge is 2.47. The van der Waals surface area contributed by atoms with Gasteiger partial charge in [-0.3, -0.25) is 14.6 Å². The molecule has 0 radical (unpaired) electrons. The highest BCUT2D eigenvalue weighted by atomic mass is 16.5. The molecule has 1 heterocycles. The highest BCUT2D eigenvalue weighted by Crippen LogP contribution is 2.50. The molecule has 0 saturated heterocycles. The molecule has 2 atom stereocenters. The van der Waals surface area contributed by atoms with Crippen LogP contribution in [0.2, 0.25) is 0 Å². The molecule has 0 fully saturated rings. The smallest absolute Gasteiger partial charge is 0.315 e. The molecule has 1 unspecified atom stereocenters. The van der Waals surface area contributed by atoms with Crippen molar-refractivity contribution in [3.63, 3.8) is 0 Å². The second kappa shape index (κ2) is 7.41. The summed E-state index contributed by atoms with van der Waals surface area (Å²) in [6.07, 6.45) is 1.10. The Balaban J connectivity index is 2.28. The van der Waals surface area contributed by atoms with Crippen LogP contribution in [-0.2, 0) is 14.3 Å². The average molecular weight is 385 g/mol. The van der Waals surface area contributed by atoms with Crippen molar-refractivity contribution < 1.29 is 23.8 Å². The first-order chi connectivity index (χ1) is 13.2. The summed E-state index contributed by atoms with van der Waals surface area (Å²) in [5, 5.41) is 0. The van der Waals surface area contributed by atoms with Crippen molar-refractivity contribution in [1.29, 1.82) is 0 Å². The van der Waals surface area contributed by atoms with E-state index in [-0.39, 0.29) is 11.2 Å². The lowest BCUT2D eigenvalue weighted by atomic mass is 9.66. The van der Waals surface area contributed by atoms with E-state index < -0.39 is 17.8 Å². The first-order valence-corrected chi connectivity index (χ1v) is 9.34. The molecule has 0 saturated carbocycles. The summed E-state index contributed by atoms with van der Waals surface area (Å²) in [7, 11) is 4.47. The van der Waals surface area contributed by atoms with Gasteiger partial charge in [-0.15, -0.1) is 0 Å². The molecule has 1 aliphatic carbocycles. The Morgan fingerprint density at radius 1 is 1.14 bits per heavy atom. The highest BCUT2D eigenvalue weighted by molar-refractivity contribution is 6.09. The number of carbonyl (C=O) groups excluding carboxylic acids is 2. The third-order valence-electron chi connectivity index (χ3n) is 5.53. The molecule has 1 aromatic rings. The molecule has 0 aromatic heterocycles. The van der Waals surface area contributed by atoms with Gasteiger partial charge in [0.05, 0.1) is 21.3 Å². The Morgan fingerprint density at radius 2 is 1.86 bits per heavy atom. The van der Waals surface area contributed by atoms with Crippen molar-refractivity contribution >= 4 is 17.5 Å². The Morgan fingerprint density at radius 3 is 2.46 bits per heavy atom. The molecular formula is C22H27NO5. The second-order valence-corrected chi connectivity index (χ2v) is 8.12. The fraction of sp³-hybridized carbons (Fsp3) is 0.500. The van der Waals surface area contributed by atoms with Gasteiger partial charge in [0, 0.05) is 34.9 Å². The van der Waals surface area contributed by atoms with Gasteiger partial charge >= 0.3 is 5.97 Å². The normalized spacial score (nSPS) is 23.6. The van der Waals surface area contributed by atoms with Gasteiger partial charge in [-0.25, -0.2) is 0 Å². The molecule has 28 heavy (non-hydrogen) atoms. The molecule has 1 aromatic carbocycles. The van der Waals surface area contributed by atoms with Crippen LogP contribution in [0.25, 0.3) is 0 Å². The lowest BCUT2D eigenvalue weighted by molar-refractivity contribution is -0.143. The number of hydrogen-bond acceptors (Lipinski definition) is 6. The van der Waals surface area contributed by atoms with E-state index >= 15 is 0 Å². The van der Waals surface area contributed by atoms with Gasteiger partial charge in [-0.05, 0) is 24.8 Å². The summed E-state index contributed by atoms with van der Waals surface area (Å²) in [6.45, 7) is 5.94. The summed E-state index contributed by atoms with van der Waals surface area (Å²) in [5.74, 6) is -0.535. The van der Waals surface area contributed by atoms with E-state index in [2.05, 4.69) is 18.8 Å². The van der Waals surface area contributed by atoms with Crippen molar-refractivity contribution in [2.24, 2.45) is 16.3 Å². The van der Waals surface area contributed by atoms with Crippen LogP contribution in [0.1, 0.15) is 45.1 Å². The molecule has 0 N–H and O–H groups in total. The van der Waals surface area contributed by atoms with Crippen LogP contribution in [-0.4, -0.2) is 38.8 Å². The monoisotopic (exact) mass is 385 g/mol. The van der Waals surface area contributed by atoms with E-state index in [1.165, 1.54) is 7.11 Å². The number of ether oxygens (including phenoxy) is 3. The third kappa shape index (κ3) is 3.32. The van der Waals surface area contributed by atoms with E-state index in [9.17, 15) is 9.59 Å². The molecule has 0 bridgehead atoms. The van der Waals surface area contributed by atoms with Crippen molar-refractivity contribution in [2.75, 3.05) is 21.3 Å². The van der Waals surface area contributed by atoms with Gasteiger partial charge in [-0.2, -0.15) is 0 Å². The molecule has 3 rings (SSSR count). The lowest BCUT2D eigenvalue weighted by Crippen LogP contribution is -2.39. The zero-order valence-electron chi connectivity index (χ0n) is 17.3. The van der Waals surface area contributed by atoms with Crippen LogP contribution in [0.5, 0.6) is 11.5 Å². The quantitative estimate of drug-likeness (QED) is 0.739. The Bertz CT molecular complexity index is 881. The van der Waals surface area contributed by atoms with Gasteiger partial charge in [-0.1, -0.05) is 26.0 Å². The van der Waals surface area contributed by atoms with Gasteiger partial charge < -0.3 is 14.2 Å². The SMILES string of the molecule is COC(=O)C1C(C)=NC2=C(C(=O)CC(C)(C)C2)[C@@H]1c1cccc(OC)c1OC. The van der Waals surface area contributed by atoms with Crippen LogP contribution in [0, 0.1) is 11.3 Å². The van der Waals surface area contributed by atoms with Gasteiger partial charge in [0.25, 0.3) is 0 Å². The number of rotatable bonds is 4. The van der Waals surface area contributed by atoms with Gasteiger partial charge in [0.1, 0.15) is 5.92 Å². The van der Waals surface area contributed by atoms with Crippen molar-refractivity contribution in [2.45, 2.75) is 39.5 Å². The summed E-state index contributed by atoms with van der Waals surface area (Å²) in [5.41, 5.74) is 2.56. The predicted molar refractivity (Wildman–Crippen MR) is 106 cm³/mol. The standard InChI is InChI=1S/C22H27NO5/c1-12-17(21(25)28-6)18(13-8-7-9-16(26-4)20(13)27-5)19-14(23-12)10-22(2,3)11-15(19)24/h7-9,17-18H,10-11H2,1-6H3/t17?,18-/m1/s1. The Kier molecular flexibility index (Phi) is 5.33.